The number of ether oxygens (including phenoxy) is 1. The minimum Gasteiger partial charge on any atom is -0.466 e. The molecule has 0 rings (SSSR count). The first-order valence-corrected chi connectivity index (χ1v) is 4.45. The lowest BCUT2D eigenvalue weighted by Crippen LogP contribution is -2.24. The number of esters is 1. The maximum Gasteiger partial charge on any atom is 0.353 e. The molecule has 0 heterocycles. The largest absolute Gasteiger partial charge is 0.466 e. The van der Waals surface area contributed by atoms with E-state index in [0.29, 0.717) is 0 Å². The Kier molecular flexibility index (Phi) is 5.21. The fourth-order valence-corrected chi connectivity index (χ4v) is 1.50. The van der Waals surface area contributed by atoms with E-state index in [1.807, 2.05) is 0 Å². The summed E-state index contributed by atoms with van der Waals surface area (Å²) in [6.45, 7) is -0.581. The molecule has 0 unspecified atom stereocenters. The topological polar surface area (TPSA) is 26.3 Å². The Morgan fingerprint density at radius 1 is 1.73 bits per heavy atom. The van der Waals surface area contributed by atoms with Crippen LogP contribution in [0.3, 0.4) is 0 Å². The summed E-state index contributed by atoms with van der Waals surface area (Å²) >= 11 is 11.7. The molecule has 0 aromatic heterocycles. The van der Waals surface area contributed by atoms with Gasteiger partial charge in [0.25, 0.3) is 3.67 Å². The van der Waals surface area contributed by atoms with E-state index in [1.165, 1.54) is 0 Å². The van der Waals surface area contributed by atoms with Crippen LogP contribution >= 0.6 is 35.0 Å². The Morgan fingerprint density at radius 2 is 2.27 bits per heavy atom. The van der Waals surface area contributed by atoms with Crippen LogP contribution in [-0.4, -0.2) is 29.2 Å². The number of alkyl halides is 3. The number of carbonyl (C=O) groups excluding carboxylic acids is 1. The predicted octanol–water partition coefficient (Wildman–Crippen LogP) is 1.99. The summed E-state index contributed by atoms with van der Waals surface area (Å²) in [5, 5.41) is 0. The normalized spacial score (nSPS) is 11.3. The number of carbonyl (C=O) groups is 1. The van der Waals surface area contributed by atoms with Crippen molar-refractivity contribution in [2.45, 2.75) is 3.67 Å². The van der Waals surface area contributed by atoms with Crippen molar-refractivity contribution in [3.05, 3.63) is 0 Å². The number of halogens is 3. The van der Waals surface area contributed by atoms with E-state index < -0.39 is 16.3 Å². The van der Waals surface area contributed by atoms with Crippen molar-refractivity contribution in [2.75, 3.05) is 19.5 Å². The molecule has 0 saturated heterocycles. The van der Waals surface area contributed by atoms with Gasteiger partial charge in [-0.1, -0.05) is 23.2 Å². The summed E-state index contributed by atoms with van der Waals surface area (Å²) in [4.78, 5) is 10.7. The smallest absolute Gasteiger partial charge is 0.353 e. The van der Waals surface area contributed by atoms with Crippen molar-refractivity contribution in [3.8, 4) is 0 Å². The molecule has 0 amide bonds. The Balaban J connectivity index is 3.88. The third-order valence-corrected chi connectivity index (χ3v) is 2.63. The number of hydrogen-bond acceptors (Lipinski definition) is 3. The second-order valence-electron chi connectivity index (χ2n) is 1.55. The van der Waals surface area contributed by atoms with Gasteiger partial charge in [0.15, 0.2) is 0 Å². The van der Waals surface area contributed by atoms with E-state index in [-0.39, 0.29) is 5.75 Å². The highest BCUT2D eigenvalue weighted by molar-refractivity contribution is 8.04. The number of methoxy groups -OCH3 is 1. The molecule has 0 radical (unpaired) electrons. The quantitative estimate of drug-likeness (QED) is 0.536. The molecule has 11 heavy (non-hydrogen) atoms. The van der Waals surface area contributed by atoms with Crippen molar-refractivity contribution in [1.82, 2.24) is 0 Å². The van der Waals surface area contributed by atoms with Crippen molar-refractivity contribution in [2.24, 2.45) is 0 Å². The zero-order valence-corrected chi connectivity index (χ0v) is 8.10. The van der Waals surface area contributed by atoms with Crippen LogP contribution in [0.4, 0.5) is 4.39 Å². The molecule has 0 bridgehead atoms. The molecule has 0 aliphatic carbocycles. The summed E-state index contributed by atoms with van der Waals surface area (Å²) in [6.07, 6.45) is 0. The van der Waals surface area contributed by atoms with E-state index in [0.717, 1.165) is 18.9 Å². The van der Waals surface area contributed by atoms with Crippen LogP contribution in [0.1, 0.15) is 0 Å². The highest BCUT2D eigenvalue weighted by atomic mass is 35.5. The Hall–Kier alpha value is 0.330. The van der Waals surface area contributed by atoms with Gasteiger partial charge in [-0.15, -0.1) is 11.8 Å². The van der Waals surface area contributed by atoms with Gasteiger partial charge in [0.1, 0.15) is 0 Å². The number of hydrogen-bond donors (Lipinski definition) is 0. The van der Waals surface area contributed by atoms with Gasteiger partial charge in [0.2, 0.25) is 0 Å². The fraction of sp³-hybridized carbons (Fsp3) is 0.800. The molecule has 66 valence electrons. The minimum absolute atomic E-state index is 0.0715. The SMILES string of the molecule is COC(=O)C(Cl)(Cl)SCCF. The summed E-state index contributed by atoms with van der Waals surface area (Å²) in [7, 11) is 1.16. The second-order valence-corrected chi connectivity index (χ2v) is 4.63. The average Bonchev–Trinajstić information content (AvgIpc) is 1.99. The molecule has 0 N–H and O–H groups in total. The first kappa shape index (κ1) is 11.3. The summed E-state index contributed by atoms with van der Waals surface area (Å²) in [5.74, 6) is -0.707. The number of thioether (sulfide) groups is 1. The first-order chi connectivity index (χ1) is 5.04. The van der Waals surface area contributed by atoms with Gasteiger partial charge in [-0.25, -0.2) is 4.79 Å². The molecular weight excluding hydrogens is 214 g/mol. The predicted molar refractivity (Wildman–Crippen MR) is 44.9 cm³/mol. The molecular formula is C5H7Cl2FO2S. The molecule has 0 aromatic rings. The first-order valence-electron chi connectivity index (χ1n) is 2.70. The van der Waals surface area contributed by atoms with Crippen LogP contribution in [0.2, 0.25) is 0 Å². The maximum absolute atomic E-state index is 11.6. The van der Waals surface area contributed by atoms with E-state index in [9.17, 15) is 9.18 Å². The summed E-state index contributed by atoms with van der Waals surface area (Å²) < 4.78 is 14.2. The van der Waals surface area contributed by atoms with Crippen LogP contribution in [0.25, 0.3) is 0 Å². The van der Waals surface area contributed by atoms with Crippen molar-refractivity contribution < 1.29 is 13.9 Å². The van der Waals surface area contributed by atoms with Gasteiger partial charge in [-0.05, 0) is 0 Å². The summed E-state index contributed by atoms with van der Waals surface area (Å²) in [5.41, 5.74) is 0. The Morgan fingerprint density at radius 3 is 2.64 bits per heavy atom. The van der Waals surface area contributed by atoms with Crippen LogP contribution in [0.5, 0.6) is 0 Å². The third kappa shape index (κ3) is 4.03. The van der Waals surface area contributed by atoms with Gasteiger partial charge < -0.3 is 4.74 Å². The molecule has 0 fully saturated rings. The lowest BCUT2D eigenvalue weighted by molar-refractivity contribution is -0.139. The van der Waals surface area contributed by atoms with Crippen LogP contribution in [-0.2, 0) is 9.53 Å². The van der Waals surface area contributed by atoms with Crippen molar-refractivity contribution in [3.63, 3.8) is 0 Å². The number of rotatable bonds is 4. The molecule has 0 atom stereocenters. The van der Waals surface area contributed by atoms with E-state index in [4.69, 9.17) is 23.2 Å². The van der Waals surface area contributed by atoms with Gasteiger partial charge in [-0.2, -0.15) is 0 Å². The van der Waals surface area contributed by atoms with Crippen molar-refractivity contribution >= 4 is 40.9 Å². The standard InChI is InChI=1S/C5H7Cl2FO2S/c1-10-4(9)5(6,7)11-3-2-8/h2-3H2,1H3. The molecule has 6 heteroatoms. The van der Waals surface area contributed by atoms with E-state index >= 15 is 0 Å². The van der Waals surface area contributed by atoms with Crippen LogP contribution in [0.15, 0.2) is 0 Å². The summed E-state index contributed by atoms with van der Waals surface area (Å²) in [6, 6.07) is 0. The molecule has 0 aliphatic rings. The lowest BCUT2D eigenvalue weighted by atomic mass is 10.8. The lowest BCUT2D eigenvalue weighted by Gasteiger charge is -2.14. The Bertz CT molecular complexity index is 142. The van der Waals surface area contributed by atoms with Crippen molar-refractivity contribution in [1.29, 1.82) is 0 Å². The zero-order chi connectivity index (χ0) is 8.91. The molecule has 0 saturated carbocycles. The molecule has 0 aromatic carbocycles. The van der Waals surface area contributed by atoms with Gasteiger partial charge in [-0.3, -0.25) is 4.39 Å². The molecule has 0 spiro atoms. The fourth-order valence-electron chi connectivity index (χ4n) is 0.345. The van der Waals surface area contributed by atoms with Crippen LogP contribution < -0.4 is 0 Å². The van der Waals surface area contributed by atoms with Crippen LogP contribution in [0, 0.1) is 0 Å². The highest BCUT2D eigenvalue weighted by Crippen LogP contribution is 2.35. The second kappa shape index (κ2) is 5.06. The van der Waals surface area contributed by atoms with E-state index in [1.54, 1.807) is 0 Å². The molecule has 0 aliphatic heterocycles. The Labute approximate surface area is 78.4 Å². The molecule has 2 nitrogen and oxygen atoms in total. The average molecular weight is 221 g/mol. The van der Waals surface area contributed by atoms with Gasteiger partial charge >= 0.3 is 5.97 Å². The monoisotopic (exact) mass is 220 g/mol. The van der Waals surface area contributed by atoms with Gasteiger partial charge in [0, 0.05) is 5.75 Å². The van der Waals surface area contributed by atoms with Gasteiger partial charge in [0.05, 0.1) is 13.8 Å². The highest BCUT2D eigenvalue weighted by Gasteiger charge is 2.35. The minimum atomic E-state index is -1.68. The maximum atomic E-state index is 11.6. The van der Waals surface area contributed by atoms with E-state index in [2.05, 4.69) is 4.74 Å². The zero-order valence-electron chi connectivity index (χ0n) is 5.77. The third-order valence-electron chi connectivity index (χ3n) is 0.784.